The average Bonchev–Trinajstić information content (AvgIpc) is 3.61. The van der Waals surface area contributed by atoms with E-state index in [9.17, 15) is 13.6 Å². The van der Waals surface area contributed by atoms with Gasteiger partial charge in [-0.25, -0.2) is 4.98 Å². The Kier molecular flexibility index (Phi) is 7.45. The molecule has 0 bridgehead atoms. The molecule has 198 valence electrons. The topological polar surface area (TPSA) is 100 Å². The first kappa shape index (κ1) is 25.3. The Morgan fingerprint density at radius 1 is 1.16 bits per heavy atom. The van der Waals surface area contributed by atoms with E-state index >= 15 is 0 Å². The van der Waals surface area contributed by atoms with Crippen LogP contribution < -0.4 is 25.3 Å². The summed E-state index contributed by atoms with van der Waals surface area (Å²) in [6.07, 6.45) is 11.2. The van der Waals surface area contributed by atoms with E-state index in [4.69, 9.17) is 19.9 Å². The number of hydrogen-bond acceptors (Lipinski definition) is 6. The summed E-state index contributed by atoms with van der Waals surface area (Å²) >= 11 is 0. The number of pyridine rings is 1. The number of aromatic nitrogens is 2. The van der Waals surface area contributed by atoms with Crippen LogP contribution >= 0.6 is 0 Å². The van der Waals surface area contributed by atoms with Gasteiger partial charge >= 0.3 is 6.61 Å². The summed E-state index contributed by atoms with van der Waals surface area (Å²) in [5.41, 5.74) is 8.06. The van der Waals surface area contributed by atoms with Crippen molar-refractivity contribution in [3.63, 3.8) is 0 Å². The van der Waals surface area contributed by atoms with E-state index in [1.54, 1.807) is 22.9 Å². The molecule has 8 nitrogen and oxygen atoms in total. The van der Waals surface area contributed by atoms with Crippen molar-refractivity contribution in [3.05, 3.63) is 42.2 Å². The van der Waals surface area contributed by atoms with Crippen molar-refractivity contribution in [3.8, 4) is 28.5 Å². The van der Waals surface area contributed by atoms with Gasteiger partial charge < -0.3 is 25.3 Å². The molecule has 0 spiro atoms. The molecule has 2 aromatic heterocycles. The number of amides is 1. The van der Waals surface area contributed by atoms with Gasteiger partial charge in [0, 0.05) is 29.9 Å². The maximum Gasteiger partial charge on any atom is 0.387 e. The molecule has 10 heteroatoms. The maximum atomic E-state index is 13.3. The van der Waals surface area contributed by atoms with Crippen LogP contribution in [0.3, 0.4) is 0 Å². The highest BCUT2D eigenvalue weighted by Crippen LogP contribution is 2.37. The van der Waals surface area contributed by atoms with Gasteiger partial charge in [-0.3, -0.25) is 9.20 Å². The lowest BCUT2D eigenvalue weighted by Crippen LogP contribution is -2.37. The molecule has 1 atom stereocenters. The van der Waals surface area contributed by atoms with Crippen molar-refractivity contribution in [2.75, 3.05) is 13.7 Å². The number of alkyl halides is 2. The molecule has 3 N–H and O–H groups in total. The number of carbonyl (C=O) groups excluding carboxylic acids is 1. The number of carbonyl (C=O) groups is 1. The Morgan fingerprint density at radius 3 is 2.62 bits per heavy atom. The third kappa shape index (κ3) is 5.79. The summed E-state index contributed by atoms with van der Waals surface area (Å²) < 4.78 is 44.5. The smallest absolute Gasteiger partial charge is 0.387 e. The zero-order chi connectivity index (χ0) is 25.9. The lowest BCUT2D eigenvalue weighted by Gasteiger charge is -2.27. The van der Waals surface area contributed by atoms with E-state index in [0.29, 0.717) is 35.2 Å². The summed E-state index contributed by atoms with van der Waals surface area (Å²) in [6, 6.07) is 6.69. The SMILES string of the molecule is COc1cc(-c2cnc3cc(OC[C@@H](N)C4CCCCC4)ccn23)cc(OC(F)F)c1C(=O)NC1CC1. The summed E-state index contributed by atoms with van der Waals surface area (Å²) in [5, 5.41) is 2.81. The minimum atomic E-state index is -3.10. The van der Waals surface area contributed by atoms with E-state index in [0.717, 1.165) is 25.7 Å². The van der Waals surface area contributed by atoms with E-state index in [-0.39, 0.29) is 29.1 Å². The zero-order valence-electron chi connectivity index (χ0n) is 20.8. The number of methoxy groups -OCH3 is 1. The first-order chi connectivity index (χ1) is 17.9. The molecule has 0 radical (unpaired) electrons. The molecule has 2 aliphatic carbocycles. The Hall–Kier alpha value is -3.40. The minimum absolute atomic E-state index is 0.0109. The molecule has 2 fully saturated rings. The highest BCUT2D eigenvalue weighted by Gasteiger charge is 2.29. The third-order valence-electron chi connectivity index (χ3n) is 7.12. The standard InChI is InChI=1S/C27H32F2N4O4/c1-35-22-11-17(12-23(37-27(28)29)25(22)26(34)32-18-7-8-18)21-14-31-24-13-19(9-10-33(21)24)36-15-20(30)16-5-3-2-4-6-16/h9-14,16,18,20,27H,2-8,15,30H2,1H3,(H,32,34)/t20-/m1/s1. The second-order valence-corrected chi connectivity index (χ2v) is 9.78. The molecule has 37 heavy (non-hydrogen) atoms. The molecule has 1 aromatic carbocycles. The highest BCUT2D eigenvalue weighted by molar-refractivity contribution is 6.01. The summed E-state index contributed by atoms with van der Waals surface area (Å²) in [4.78, 5) is 17.2. The van der Waals surface area contributed by atoms with Crippen LogP contribution in [0.2, 0.25) is 0 Å². The molecule has 1 amide bonds. The van der Waals surface area contributed by atoms with E-state index in [2.05, 4.69) is 10.3 Å². The molecule has 2 aliphatic rings. The fourth-order valence-electron chi connectivity index (χ4n) is 4.95. The number of nitrogens with two attached hydrogens (primary N) is 1. The summed E-state index contributed by atoms with van der Waals surface area (Å²) in [5.74, 6) is 0.520. The number of rotatable bonds is 10. The van der Waals surface area contributed by atoms with Crippen LogP contribution in [0.4, 0.5) is 8.78 Å². The van der Waals surface area contributed by atoms with Gasteiger partial charge in [-0.15, -0.1) is 0 Å². The molecule has 0 saturated heterocycles. The van der Waals surface area contributed by atoms with Crippen molar-refractivity contribution < 1.29 is 27.8 Å². The van der Waals surface area contributed by atoms with Crippen molar-refractivity contribution in [1.82, 2.24) is 14.7 Å². The Labute approximate surface area is 214 Å². The van der Waals surface area contributed by atoms with Gasteiger partial charge in [0.1, 0.15) is 35.1 Å². The number of nitrogens with one attached hydrogen (secondary N) is 1. The first-order valence-corrected chi connectivity index (χ1v) is 12.8. The second-order valence-electron chi connectivity index (χ2n) is 9.78. The van der Waals surface area contributed by atoms with Gasteiger partial charge in [-0.2, -0.15) is 8.78 Å². The van der Waals surface area contributed by atoms with E-state index < -0.39 is 12.5 Å². The zero-order valence-corrected chi connectivity index (χ0v) is 20.8. The van der Waals surface area contributed by atoms with E-state index in [1.165, 1.54) is 32.4 Å². The van der Waals surface area contributed by atoms with Gasteiger partial charge in [-0.05, 0) is 49.8 Å². The third-order valence-corrected chi connectivity index (χ3v) is 7.12. The van der Waals surface area contributed by atoms with Crippen LogP contribution in [-0.2, 0) is 0 Å². The number of halogens is 2. The molecular weight excluding hydrogens is 482 g/mol. The summed E-state index contributed by atoms with van der Waals surface area (Å²) in [7, 11) is 1.38. The van der Waals surface area contributed by atoms with E-state index in [1.807, 2.05) is 12.1 Å². The van der Waals surface area contributed by atoms with Crippen molar-refractivity contribution >= 4 is 11.6 Å². The van der Waals surface area contributed by atoms with Gasteiger partial charge in [0.15, 0.2) is 0 Å². The number of benzene rings is 1. The van der Waals surface area contributed by atoms with Crippen LogP contribution in [0.15, 0.2) is 36.7 Å². The van der Waals surface area contributed by atoms with Crippen molar-refractivity contribution in [2.24, 2.45) is 11.7 Å². The number of hydrogen-bond donors (Lipinski definition) is 2. The Bertz CT molecular complexity index is 1250. The molecule has 5 rings (SSSR count). The Morgan fingerprint density at radius 2 is 1.92 bits per heavy atom. The second kappa shape index (κ2) is 10.9. The van der Waals surface area contributed by atoms with Gasteiger partial charge in [-0.1, -0.05) is 19.3 Å². The lowest BCUT2D eigenvalue weighted by atomic mass is 9.84. The van der Waals surface area contributed by atoms with Crippen LogP contribution in [0.5, 0.6) is 17.2 Å². The van der Waals surface area contributed by atoms with Crippen LogP contribution in [-0.4, -0.2) is 47.7 Å². The monoisotopic (exact) mass is 514 g/mol. The molecule has 0 aliphatic heterocycles. The predicted molar refractivity (Wildman–Crippen MR) is 134 cm³/mol. The molecule has 3 aromatic rings. The Balaban J connectivity index is 1.40. The van der Waals surface area contributed by atoms with Crippen molar-refractivity contribution in [1.29, 1.82) is 0 Å². The molecule has 2 saturated carbocycles. The van der Waals surface area contributed by atoms with Crippen LogP contribution in [0.25, 0.3) is 16.9 Å². The quantitative estimate of drug-likeness (QED) is 0.404. The normalized spacial score (nSPS) is 17.1. The number of fused-ring (bicyclic) bond motifs is 1. The summed E-state index contributed by atoms with van der Waals surface area (Å²) in [6.45, 7) is -2.67. The lowest BCUT2D eigenvalue weighted by molar-refractivity contribution is -0.0502. The minimum Gasteiger partial charge on any atom is -0.496 e. The fourth-order valence-corrected chi connectivity index (χ4v) is 4.95. The number of ether oxygens (including phenoxy) is 3. The maximum absolute atomic E-state index is 13.3. The number of imidazole rings is 1. The molecular formula is C27H32F2N4O4. The number of nitrogens with zero attached hydrogens (tertiary/aromatic N) is 2. The van der Waals surface area contributed by atoms with Crippen LogP contribution in [0, 0.1) is 5.92 Å². The van der Waals surface area contributed by atoms with Gasteiger partial charge in [0.2, 0.25) is 0 Å². The highest BCUT2D eigenvalue weighted by atomic mass is 19.3. The fraction of sp³-hybridized carbons (Fsp3) is 0.481. The first-order valence-electron chi connectivity index (χ1n) is 12.8. The van der Waals surface area contributed by atoms with Gasteiger partial charge in [0.25, 0.3) is 5.91 Å². The molecule has 0 unspecified atom stereocenters. The van der Waals surface area contributed by atoms with Crippen molar-refractivity contribution in [2.45, 2.75) is 63.6 Å². The van der Waals surface area contributed by atoms with Crippen LogP contribution in [0.1, 0.15) is 55.3 Å². The molecule has 2 heterocycles. The largest absolute Gasteiger partial charge is 0.496 e. The van der Waals surface area contributed by atoms with Gasteiger partial charge in [0.05, 0.1) is 19.0 Å². The average molecular weight is 515 g/mol. The predicted octanol–water partition coefficient (Wildman–Crippen LogP) is 4.79.